The van der Waals surface area contributed by atoms with E-state index in [0.717, 1.165) is 5.52 Å². The maximum Gasteiger partial charge on any atom is 0.287 e. The van der Waals surface area contributed by atoms with Gasteiger partial charge in [0.15, 0.2) is 30.3 Å². The van der Waals surface area contributed by atoms with E-state index in [0.29, 0.717) is 0 Å². The van der Waals surface area contributed by atoms with Crippen molar-refractivity contribution in [3.63, 3.8) is 0 Å². The summed E-state index contributed by atoms with van der Waals surface area (Å²) in [5, 5.41) is 13.8. The molecule has 0 aliphatic heterocycles. The summed E-state index contributed by atoms with van der Waals surface area (Å²) in [6, 6.07) is 109. The molecule has 0 saturated carbocycles. The fraction of sp³-hybridized carbons (Fsp3) is 0.288. The van der Waals surface area contributed by atoms with E-state index in [1.807, 2.05) is 208 Å². The predicted octanol–water partition coefficient (Wildman–Crippen LogP) is 34.8. The molecule has 0 amide bonds. The number of benzene rings is 11. The summed E-state index contributed by atoms with van der Waals surface area (Å²) in [6.07, 6.45) is 10.5. The van der Waals surface area contributed by atoms with E-state index < -0.39 is 0 Å². The Bertz CT molecular complexity index is 6360. The van der Waals surface area contributed by atoms with Crippen molar-refractivity contribution in [2.24, 2.45) is 42.3 Å². The van der Waals surface area contributed by atoms with E-state index in [1.54, 1.807) is 0 Å². The molecule has 0 unspecified atom stereocenters. The quantitative estimate of drug-likeness (QED) is 0.153. The molecule has 0 aliphatic carbocycles. The second-order valence-electron chi connectivity index (χ2n) is 28.3. The van der Waals surface area contributed by atoms with Crippen LogP contribution in [-0.4, -0.2) is 4.98 Å². The van der Waals surface area contributed by atoms with Gasteiger partial charge in [-0.3, -0.25) is 0 Å². The highest BCUT2D eigenvalue weighted by molar-refractivity contribution is 7.26. The smallest absolute Gasteiger partial charge is 0.232 e. The number of fused-ring (bicyclic) bond motifs is 8. The standard InChI is InChI=1S/C19H16NS.3C17H16N.C16H15N2.C15H14NS.12C2H6/c1-13-7-3-4-8-14(13)18-19-16(11-12-20(18)2)15-9-5-6-10-17(15)21-19;1-13-7-3-6-10-16(13)17-11-14-8-4-5-9-15(14)12-18(17)2;1-13-7-3-5-9-15(13)17-16-10-6-4-8-14(16)11-12-18(17)2;1-13-7-3-5-9-15(13)17-12-11-14-8-4-6-10-16(14)18(17)2;1-12-7-3-4-8-13(12)16-14-9-5-6-10-15(14)17-11-18(16)2;1-11-5-3-4-6-13(11)14-15-12(8-10-17-15)7-9-16(14)2;12*1-2/h3-12H,1-2H3;3*3-12H,1-2H3;3-11H,1-2H3;3-10H,1-2H3;12*1-2H3/q6*+1;;;;;;;;;;;;. The average Bonchev–Trinajstić information content (AvgIpc) is 1.64. The summed E-state index contributed by atoms with van der Waals surface area (Å²) in [5.74, 6) is 0. The molecule has 0 saturated heterocycles. The molecule has 0 atom stereocenters. The zero-order chi connectivity index (χ0) is 100. The fourth-order valence-electron chi connectivity index (χ4n) is 14.9. The van der Waals surface area contributed by atoms with Gasteiger partial charge < -0.3 is 0 Å². The minimum absolute atomic E-state index is 1.04. The van der Waals surface area contributed by atoms with E-state index in [2.05, 4.69) is 443 Å². The van der Waals surface area contributed by atoms with Crippen LogP contribution in [0.15, 0.2) is 346 Å². The van der Waals surface area contributed by atoms with E-state index in [9.17, 15) is 0 Å². The van der Waals surface area contributed by atoms with Gasteiger partial charge in [0.1, 0.15) is 50.3 Å². The lowest BCUT2D eigenvalue weighted by atomic mass is 10.00. The summed E-state index contributed by atoms with van der Waals surface area (Å²) in [6.45, 7) is 61.0. The van der Waals surface area contributed by atoms with Gasteiger partial charge in [-0.2, -0.15) is 13.7 Å². The Morgan fingerprint density at radius 3 is 1.05 bits per heavy atom. The predicted molar refractivity (Wildman–Crippen MR) is 599 cm³/mol. The summed E-state index contributed by atoms with van der Waals surface area (Å²) in [7, 11) is 12.6. The summed E-state index contributed by atoms with van der Waals surface area (Å²) in [4.78, 5) is 4.46. The summed E-state index contributed by atoms with van der Waals surface area (Å²) in [5.41, 5.74) is 25.6. The molecule has 0 radical (unpaired) electrons. The average molecular weight is 1830 g/mol. The lowest BCUT2D eigenvalue weighted by Gasteiger charge is -2.08. The molecule has 19 rings (SSSR count). The van der Waals surface area contributed by atoms with Crippen molar-refractivity contribution in [1.82, 2.24) is 4.98 Å². The third-order valence-electron chi connectivity index (χ3n) is 20.9. The van der Waals surface area contributed by atoms with Gasteiger partial charge in [0.2, 0.25) is 34.0 Å². The van der Waals surface area contributed by atoms with Crippen LogP contribution in [0.3, 0.4) is 0 Å². The van der Waals surface area contributed by atoms with Crippen LogP contribution in [0.4, 0.5) is 0 Å². The SMILES string of the molecule is CC.CC.CC.CC.CC.CC.CC.CC.CC.CC.CC.CC.Cc1ccccc1-c1c2ccccc2cc[n+]1C.Cc1ccccc1-c1c2ccccc2nc[n+]1C.Cc1ccccc1-c1c2sc3ccccc3c2cc[n+]1C.Cc1ccccc1-c1c2sccc2cc[n+]1C.Cc1ccccc1-c1cc2ccccc2c[n+]1C.Cc1ccccc1-c1ccc2ccccc2[n+]1C. The molecule has 706 valence electrons. The Morgan fingerprint density at radius 1 is 0.231 bits per heavy atom. The Morgan fingerprint density at radius 2 is 0.575 bits per heavy atom. The normalized spacial score (nSPS) is 9.49. The van der Waals surface area contributed by atoms with Crippen LogP contribution in [0, 0.1) is 41.5 Å². The molecule has 11 aromatic carbocycles. The van der Waals surface area contributed by atoms with Crippen LogP contribution in [0.25, 0.3) is 141 Å². The van der Waals surface area contributed by atoms with Gasteiger partial charge >= 0.3 is 0 Å². The van der Waals surface area contributed by atoms with E-state index >= 15 is 0 Å². The van der Waals surface area contributed by atoms with Gasteiger partial charge in [-0.05, 0) is 175 Å². The van der Waals surface area contributed by atoms with Crippen molar-refractivity contribution in [3.8, 4) is 67.5 Å². The lowest BCUT2D eigenvalue weighted by Crippen LogP contribution is -2.32. The molecule has 0 fully saturated rings. The van der Waals surface area contributed by atoms with Crippen molar-refractivity contribution in [1.29, 1.82) is 0 Å². The summed E-state index contributed by atoms with van der Waals surface area (Å²) < 4.78 is 17.3. The van der Waals surface area contributed by atoms with Crippen LogP contribution in [0.2, 0.25) is 0 Å². The van der Waals surface area contributed by atoms with E-state index in [-0.39, 0.29) is 0 Å². The molecule has 8 heterocycles. The Balaban J connectivity index is 0.000000520. The number of hydrogen-bond acceptors (Lipinski definition) is 3. The zero-order valence-electron chi connectivity index (χ0n) is 88.9. The van der Waals surface area contributed by atoms with Gasteiger partial charge in [-0.25, -0.2) is 13.7 Å². The van der Waals surface area contributed by atoms with Crippen LogP contribution in [-0.2, 0) is 42.3 Å². The molecule has 0 bridgehead atoms. The minimum Gasteiger partial charge on any atom is -0.232 e. The first-order valence-electron chi connectivity index (χ1n) is 49.5. The molecule has 0 aliphatic rings. The molecule has 0 spiro atoms. The van der Waals surface area contributed by atoms with Gasteiger partial charge in [0, 0.05) is 90.3 Å². The number of thiophene rings is 2. The largest absolute Gasteiger partial charge is 0.287 e. The highest BCUT2D eigenvalue weighted by Gasteiger charge is 2.23. The number of rotatable bonds is 6. The molecular formula is C125H165N7S2+6. The first-order valence-corrected chi connectivity index (χ1v) is 51.2. The van der Waals surface area contributed by atoms with E-state index in [4.69, 9.17) is 0 Å². The van der Waals surface area contributed by atoms with E-state index in [1.165, 1.54) is 169 Å². The molecule has 7 nitrogen and oxygen atoms in total. The minimum atomic E-state index is 1.04. The number of para-hydroxylation sites is 2. The van der Waals surface area contributed by atoms with Gasteiger partial charge in [-0.15, -0.1) is 22.7 Å². The lowest BCUT2D eigenvalue weighted by molar-refractivity contribution is -0.662. The summed E-state index contributed by atoms with van der Waals surface area (Å²) >= 11 is 3.70. The monoisotopic (exact) mass is 1830 g/mol. The van der Waals surface area contributed by atoms with Crippen molar-refractivity contribution in [3.05, 3.63) is 379 Å². The third-order valence-corrected chi connectivity index (χ3v) is 23.0. The number of pyridine rings is 5. The number of aromatic nitrogens is 7. The maximum atomic E-state index is 4.46. The molecule has 19 aromatic rings. The highest BCUT2D eigenvalue weighted by atomic mass is 32.1. The Labute approximate surface area is 819 Å². The molecular weight excluding hydrogens is 1660 g/mol. The molecule has 0 N–H and O–H groups in total. The highest BCUT2D eigenvalue weighted by Crippen LogP contribution is 2.39. The van der Waals surface area contributed by atoms with Crippen LogP contribution in [0.5, 0.6) is 0 Å². The number of hydrogen-bond donors (Lipinski definition) is 0. The first-order chi connectivity index (χ1) is 65.6. The topological polar surface area (TPSA) is 36.2 Å². The fourth-order valence-corrected chi connectivity index (χ4v) is 17.2. The maximum absolute atomic E-state index is 4.46. The van der Waals surface area contributed by atoms with Crippen LogP contribution < -0.4 is 27.4 Å². The zero-order valence-corrected chi connectivity index (χ0v) is 90.5. The van der Waals surface area contributed by atoms with Crippen molar-refractivity contribution < 1.29 is 27.4 Å². The number of nitrogens with zero attached hydrogens (tertiary/aromatic N) is 7. The van der Waals surface area contributed by atoms with Crippen molar-refractivity contribution >= 4 is 96.3 Å². The van der Waals surface area contributed by atoms with Gasteiger partial charge in [-0.1, -0.05) is 360 Å². The Kier molecular flexibility index (Phi) is 57.8. The van der Waals surface area contributed by atoms with Crippen molar-refractivity contribution in [2.75, 3.05) is 0 Å². The van der Waals surface area contributed by atoms with Crippen molar-refractivity contribution in [2.45, 2.75) is 208 Å². The molecule has 9 heteroatoms. The Hall–Kier alpha value is -12.5. The number of aryl methyl sites for hydroxylation is 12. The first kappa shape index (κ1) is 118. The molecule has 8 aromatic heterocycles. The second-order valence-corrected chi connectivity index (χ2v) is 30.3. The third kappa shape index (κ3) is 31.3. The van der Waals surface area contributed by atoms with Crippen LogP contribution >= 0.6 is 22.7 Å². The second kappa shape index (κ2) is 65.9. The molecule has 134 heavy (non-hydrogen) atoms. The van der Waals surface area contributed by atoms with Gasteiger partial charge in [0.05, 0.1) is 28.9 Å². The van der Waals surface area contributed by atoms with Crippen LogP contribution in [0.1, 0.15) is 200 Å². The van der Waals surface area contributed by atoms with Gasteiger partial charge in [0.25, 0.3) is 6.33 Å².